The first-order valence-corrected chi connectivity index (χ1v) is 11.0. The summed E-state index contributed by atoms with van der Waals surface area (Å²) < 4.78 is 29.5. The number of sulfone groups is 1. The molecule has 2 aromatic rings. The van der Waals surface area contributed by atoms with Gasteiger partial charge in [0, 0.05) is 32.4 Å². The molecule has 0 amide bonds. The lowest BCUT2D eigenvalue weighted by Crippen LogP contribution is -2.36. The predicted octanol–water partition coefficient (Wildman–Crippen LogP) is 3.13. The van der Waals surface area contributed by atoms with Gasteiger partial charge in [0.05, 0.1) is 29.8 Å². The summed E-state index contributed by atoms with van der Waals surface area (Å²) in [4.78, 5) is 8.60. The van der Waals surface area contributed by atoms with Crippen LogP contribution in [0.3, 0.4) is 0 Å². The molecular weight excluding hydrogens is 374 g/mol. The lowest BCUT2D eigenvalue weighted by molar-refractivity contribution is 0.122. The summed E-state index contributed by atoms with van der Waals surface area (Å²) in [5.74, 6) is 0. The minimum absolute atomic E-state index is 0.118. The third-order valence-corrected chi connectivity index (χ3v) is 7.38. The summed E-state index contributed by atoms with van der Waals surface area (Å²) in [6, 6.07) is 12.0. The summed E-state index contributed by atoms with van der Waals surface area (Å²) in [7, 11) is -1.46. The van der Waals surface area contributed by atoms with Gasteiger partial charge in [0.1, 0.15) is 0 Å². The largest absolute Gasteiger partial charge is 0.378 e. The number of aromatic nitrogens is 1. The Bertz CT molecular complexity index is 882. The zero-order valence-electron chi connectivity index (χ0n) is 17.1. The Balaban J connectivity index is 1.67. The van der Waals surface area contributed by atoms with Gasteiger partial charge in [0.25, 0.3) is 0 Å². The molecule has 3 rings (SSSR count). The van der Waals surface area contributed by atoms with Crippen LogP contribution >= 0.6 is 0 Å². The number of rotatable bonds is 5. The molecule has 1 aromatic heterocycles. The fourth-order valence-corrected chi connectivity index (χ4v) is 4.14. The van der Waals surface area contributed by atoms with E-state index in [2.05, 4.69) is 39.0 Å². The fourth-order valence-electron chi connectivity index (χ4n) is 3.07. The molecule has 152 valence electrons. The van der Waals surface area contributed by atoms with Crippen molar-refractivity contribution in [2.24, 2.45) is 0 Å². The first kappa shape index (κ1) is 20.6. The van der Waals surface area contributed by atoms with E-state index in [1.165, 1.54) is 11.3 Å². The number of ether oxygens (including phenoxy) is 1. The molecule has 7 heteroatoms. The molecule has 1 fully saturated rings. The van der Waals surface area contributed by atoms with E-state index >= 15 is 0 Å². The minimum atomic E-state index is -3.44. The van der Waals surface area contributed by atoms with E-state index < -0.39 is 14.6 Å². The number of nitrogens with zero attached hydrogens (tertiary/aromatic N) is 3. The summed E-state index contributed by atoms with van der Waals surface area (Å²) in [6.07, 6.45) is 1.63. The highest BCUT2D eigenvalue weighted by atomic mass is 32.2. The van der Waals surface area contributed by atoms with Crippen molar-refractivity contribution in [1.29, 1.82) is 0 Å². The molecule has 0 N–H and O–H groups in total. The summed E-state index contributed by atoms with van der Waals surface area (Å²) in [6.45, 7) is 9.18. The van der Waals surface area contributed by atoms with Crippen LogP contribution in [-0.4, -0.2) is 51.5 Å². The van der Waals surface area contributed by atoms with Crippen molar-refractivity contribution >= 4 is 21.2 Å². The SMILES string of the molecule is CN(Cc1ccc(N2CCOCC2)cc1)c1ccc(S(=O)(=O)C(C)(C)C)nc1. The maximum atomic E-state index is 12.5. The molecule has 6 nitrogen and oxygen atoms in total. The van der Waals surface area contributed by atoms with E-state index in [4.69, 9.17) is 4.74 Å². The van der Waals surface area contributed by atoms with Gasteiger partial charge in [-0.05, 0) is 50.6 Å². The normalized spacial score (nSPS) is 15.5. The van der Waals surface area contributed by atoms with Crippen LogP contribution < -0.4 is 9.80 Å². The number of hydrogen-bond acceptors (Lipinski definition) is 6. The lowest BCUT2D eigenvalue weighted by Gasteiger charge is -2.29. The Labute approximate surface area is 168 Å². The first-order valence-electron chi connectivity index (χ1n) is 9.52. The molecule has 0 radical (unpaired) electrons. The van der Waals surface area contributed by atoms with Crippen LogP contribution in [0.15, 0.2) is 47.6 Å². The van der Waals surface area contributed by atoms with Gasteiger partial charge in [0.15, 0.2) is 14.9 Å². The Morgan fingerprint density at radius 2 is 1.71 bits per heavy atom. The van der Waals surface area contributed by atoms with E-state index in [9.17, 15) is 8.42 Å². The van der Waals surface area contributed by atoms with Crippen molar-refractivity contribution in [3.8, 4) is 0 Å². The third kappa shape index (κ3) is 4.47. The van der Waals surface area contributed by atoms with Crippen LogP contribution in [0.1, 0.15) is 26.3 Å². The highest BCUT2D eigenvalue weighted by Gasteiger charge is 2.32. The van der Waals surface area contributed by atoms with Gasteiger partial charge in [-0.25, -0.2) is 13.4 Å². The van der Waals surface area contributed by atoms with Crippen molar-refractivity contribution in [3.05, 3.63) is 48.2 Å². The van der Waals surface area contributed by atoms with Crippen molar-refractivity contribution in [1.82, 2.24) is 4.98 Å². The lowest BCUT2D eigenvalue weighted by atomic mass is 10.1. The van der Waals surface area contributed by atoms with Gasteiger partial charge >= 0.3 is 0 Å². The van der Waals surface area contributed by atoms with E-state index in [1.807, 2.05) is 13.1 Å². The molecule has 0 bridgehead atoms. The number of hydrogen-bond donors (Lipinski definition) is 0. The zero-order chi connectivity index (χ0) is 20.4. The number of pyridine rings is 1. The molecular formula is C21H29N3O3S. The second-order valence-electron chi connectivity index (χ2n) is 8.09. The van der Waals surface area contributed by atoms with Gasteiger partial charge < -0.3 is 14.5 Å². The zero-order valence-corrected chi connectivity index (χ0v) is 17.9. The number of benzene rings is 1. The average molecular weight is 404 g/mol. The Morgan fingerprint density at radius 3 is 2.25 bits per heavy atom. The van der Waals surface area contributed by atoms with Crippen LogP contribution in [0.5, 0.6) is 0 Å². The standard InChI is InChI=1S/C21H29N3O3S/c1-21(2,3)28(25,26)20-10-9-19(15-22-20)23(4)16-17-5-7-18(8-6-17)24-11-13-27-14-12-24/h5-10,15H,11-14,16H2,1-4H3. The molecule has 0 aliphatic carbocycles. The smallest absolute Gasteiger partial charge is 0.200 e. The van der Waals surface area contributed by atoms with Crippen LogP contribution in [0, 0.1) is 0 Å². The van der Waals surface area contributed by atoms with Crippen LogP contribution in [0.2, 0.25) is 0 Å². The minimum Gasteiger partial charge on any atom is -0.378 e. The number of anilines is 2. The van der Waals surface area contributed by atoms with Crippen molar-refractivity contribution < 1.29 is 13.2 Å². The molecule has 0 atom stereocenters. The molecule has 1 aliphatic rings. The van der Waals surface area contributed by atoms with E-state index in [0.717, 1.165) is 38.5 Å². The topological polar surface area (TPSA) is 62.7 Å². The van der Waals surface area contributed by atoms with Crippen LogP contribution in [0.25, 0.3) is 0 Å². The van der Waals surface area contributed by atoms with Gasteiger partial charge in [-0.1, -0.05) is 12.1 Å². The number of morpholine rings is 1. The highest BCUT2D eigenvalue weighted by Crippen LogP contribution is 2.25. The van der Waals surface area contributed by atoms with Crippen molar-refractivity contribution in [2.75, 3.05) is 43.2 Å². The van der Waals surface area contributed by atoms with Gasteiger partial charge in [0.2, 0.25) is 0 Å². The summed E-state index contributed by atoms with van der Waals surface area (Å²) in [5.41, 5.74) is 3.28. The Morgan fingerprint density at radius 1 is 1.07 bits per heavy atom. The Kier molecular flexibility index (Phi) is 5.95. The maximum Gasteiger partial charge on any atom is 0.200 e. The van der Waals surface area contributed by atoms with Gasteiger partial charge in [-0.15, -0.1) is 0 Å². The second-order valence-corrected chi connectivity index (χ2v) is 10.7. The van der Waals surface area contributed by atoms with E-state index in [0.29, 0.717) is 0 Å². The fraction of sp³-hybridized carbons (Fsp3) is 0.476. The third-order valence-electron chi connectivity index (χ3n) is 4.98. The van der Waals surface area contributed by atoms with Gasteiger partial charge in [-0.2, -0.15) is 0 Å². The monoisotopic (exact) mass is 403 g/mol. The van der Waals surface area contributed by atoms with Crippen molar-refractivity contribution in [3.63, 3.8) is 0 Å². The summed E-state index contributed by atoms with van der Waals surface area (Å²) >= 11 is 0. The molecule has 1 aromatic carbocycles. The molecule has 1 saturated heterocycles. The highest BCUT2D eigenvalue weighted by molar-refractivity contribution is 7.92. The van der Waals surface area contributed by atoms with Gasteiger partial charge in [-0.3, -0.25) is 0 Å². The quantitative estimate of drug-likeness (QED) is 0.764. The van der Waals surface area contributed by atoms with Crippen molar-refractivity contribution in [2.45, 2.75) is 37.1 Å². The molecule has 0 spiro atoms. The molecule has 28 heavy (non-hydrogen) atoms. The van der Waals surface area contributed by atoms with Crippen LogP contribution in [0.4, 0.5) is 11.4 Å². The van der Waals surface area contributed by atoms with E-state index in [-0.39, 0.29) is 5.03 Å². The van der Waals surface area contributed by atoms with E-state index in [1.54, 1.807) is 33.0 Å². The predicted molar refractivity (Wildman–Crippen MR) is 113 cm³/mol. The van der Waals surface area contributed by atoms with Crippen LogP contribution in [-0.2, 0) is 21.1 Å². The molecule has 2 heterocycles. The molecule has 1 aliphatic heterocycles. The Hall–Kier alpha value is -2.12. The summed E-state index contributed by atoms with van der Waals surface area (Å²) in [5, 5.41) is 0.118. The molecule has 0 unspecified atom stereocenters. The maximum absolute atomic E-state index is 12.5. The first-order chi connectivity index (χ1) is 13.2. The molecule has 0 saturated carbocycles. The second kappa shape index (κ2) is 8.09. The average Bonchev–Trinajstić information content (AvgIpc) is 2.68.